The van der Waals surface area contributed by atoms with E-state index in [-0.39, 0.29) is 11.7 Å². The van der Waals surface area contributed by atoms with E-state index >= 15 is 0 Å². The van der Waals surface area contributed by atoms with Crippen LogP contribution < -0.4 is 4.74 Å². The number of sulfonamides is 1. The van der Waals surface area contributed by atoms with Gasteiger partial charge in [0.25, 0.3) is 0 Å². The Bertz CT molecular complexity index is 635. The molecule has 134 valence electrons. The molecule has 7 heteroatoms. The minimum Gasteiger partial charge on any atom is -0.497 e. The third-order valence-electron chi connectivity index (χ3n) is 4.25. The molecule has 0 saturated carbocycles. The molecule has 1 aliphatic heterocycles. The number of carbonyl (C=O) groups excluding carboxylic acids is 1. The monoisotopic (exact) mass is 354 g/mol. The van der Waals surface area contributed by atoms with Crippen molar-refractivity contribution in [3.8, 4) is 5.75 Å². The second kappa shape index (κ2) is 8.48. The molecule has 0 bridgehead atoms. The first-order valence-electron chi connectivity index (χ1n) is 8.35. The van der Waals surface area contributed by atoms with Gasteiger partial charge < -0.3 is 9.64 Å². The van der Waals surface area contributed by atoms with Gasteiger partial charge in [-0.05, 0) is 24.1 Å². The average molecular weight is 354 g/mol. The summed E-state index contributed by atoms with van der Waals surface area (Å²) >= 11 is 0. The van der Waals surface area contributed by atoms with Crippen LogP contribution in [0, 0.1) is 0 Å². The topological polar surface area (TPSA) is 66.9 Å². The van der Waals surface area contributed by atoms with E-state index in [1.807, 2.05) is 31.2 Å². The van der Waals surface area contributed by atoms with Crippen molar-refractivity contribution in [2.45, 2.75) is 26.2 Å². The first-order valence-corrected chi connectivity index (χ1v) is 9.95. The summed E-state index contributed by atoms with van der Waals surface area (Å²) in [7, 11) is -1.57. The minimum absolute atomic E-state index is 0.0331. The van der Waals surface area contributed by atoms with E-state index in [1.165, 1.54) is 4.31 Å². The van der Waals surface area contributed by atoms with Gasteiger partial charge in [0.2, 0.25) is 15.9 Å². The van der Waals surface area contributed by atoms with Crippen LogP contribution in [0.5, 0.6) is 5.75 Å². The standard InChI is InChI=1S/C17H26N2O4S/c1-3-4-13-24(21,22)19-11-9-18(10-12-19)17(20)14-15-5-7-16(23-2)8-6-15/h5-8H,3-4,9-14H2,1-2H3. The zero-order valence-corrected chi connectivity index (χ0v) is 15.2. The quantitative estimate of drug-likeness (QED) is 0.744. The summed E-state index contributed by atoms with van der Waals surface area (Å²) in [6.07, 6.45) is 1.87. The summed E-state index contributed by atoms with van der Waals surface area (Å²) in [4.78, 5) is 14.1. The second-order valence-electron chi connectivity index (χ2n) is 5.97. The summed E-state index contributed by atoms with van der Waals surface area (Å²) in [5.41, 5.74) is 0.929. The van der Waals surface area contributed by atoms with Crippen LogP contribution in [0.3, 0.4) is 0 Å². The summed E-state index contributed by atoms with van der Waals surface area (Å²) in [5, 5.41) is 0. The fourth-order valence-corrected chi connectivity index (χ4v) is 4.33. The SMILES string of the molecule is CCCCS(=O)(=O)N1CCN(C(=O)Cc2ccc(OC)cc2)CC1. The molecule has 0 unspecified atom stereocenters. The van der Waals surface area contributed by atoms with Gasteiger partial charge in [0, 0.05) is 26.2 Å². The van der Waals surface area contributed by atoms with E-state index in [0.717, 1.165) is 17.7 Å². The number of rotatable bonds is 7. The van der Waals surface area contributed by atoms with E-state index in [0.29, 0.717) is 39.0 Å². The van der Waals surface area contributed by atoms with Crippen LogP contribution in [0.2, 0.25) is 0 Å². The van der Waals surface area contributed by atoms with Gasteiger partial charge in [0.05, 0.1) is 19.3 Å². The molecule has 0 spiro atoms. The van der Waals surface area contributed by atoms with Crippen LogP contribution >= 0.6 is 0 Å². The van der Waals surface area contributed by atoms with Crippen LogP contribution in [0.1, 0.15) is 25.3 Å². The average Bonchev–Trinajstić information content (AvgIpc) is 2.60. The van der Waals surface area contributed by atoms with Crippen molar-refractivity contribution >= 4 is 15.9 Å². The third-order valence-corrected chi connectivity index (χ3v) is 6.21. The number of ether oxygens (including phenoxy) is 1. The Hall–Kier alpha value is -1.60. The molecule has 1 aromatic rings. The number of unbranched alkanes of at least 4 members (excludes halogenated alkanes) is 1. The van der Waals surface area contributed by atoms with Gasteiger partial charge in [0.1, 0.15) is 5.75 Å². The highest BCUT2D eigenvalue weighted by atomic mass is 32.2. The Morgan fingerprint density at radius 2 is 1.75 bits per heavy atom. The minimum atomic E-state index is -3.18. The molecule has 0 atom stereocenters. The van der Waals surface area contributed by atoms with Crippen molar-refractivity contribution in [1.82, 2.24) is 9.21 Å². The van der Waals surface area contributed by atoms with Crippen molar-refractivity contribution in [3.63, 3.8) is 0 Å². The number of piperazine rings is 1. The fraction of sp³-hybridized carbons (Fsp3) is 0.588. The number of hydrogen-bond acceptors (Lipinski definition) is 4. The highest BCUT2D eigenvalue weighted by Crippen LogP contribution is 2.14. The predicted octanol–water partition coefficient (Wildman–Crippen LogP) is 1.51. The van der Waals surface area contributed by atoms with Crippen molar-refractivity contribution in [2.75, 3.05) is 39.0 Å². The number of methoxy groups -OCH3 is 1. The maximum atomic E-state index is 12.4. The van der Waals surface area contributed by atoms with Crippen LogP contribution in [0.15, 0.2) is 24.3 Å². The van der Waals surface area contributed by atoms with Crippen molar-refractivity contribution in [1.29, 1.82) is 0 Å². The van der Waals surface area contributed by atoms with Crippen LogP contribution in [-0.4, -0.2) is 62.6 Å². The molecule has 0 aromatic heterocycles. The van der Waals surface area contributed by atoms with E-state index < -0.39 is 10.0 Å². The lowest BCUT2D eigenvalue weighted by Gasteiger charge is -2.34. The molecule has 1 fully saturated rings. The first-order chi connectivity index (χ1) is 11.5. The van der Waals surface area contributed by atoms with Gasteiger partial charge in [0.15, 0.2) is 0 Å². The number of hydrogen-bond donors (Lipinski definition) is 0. The molecule has 1 saturated heterocycles. The Balaban J connectivity index is 1.86. The lowest BCUT2D eigenvalue weighted by atomic mass is 10.1. The third kappa shape index (κ3) is 4.95. The van der Waals surface area contributed by atoms with E-state index in [2.05, 4.69) is 0 Å². The zero-order chi connectivity index (χ0) is 17.6. The summed E-state index contributed by atoms with van der Waals surface area (Å²) < 4.78 is 31.0. The maximum Gasteiger partial charge on any atom is 0.227 e. The zero-order valence-electron chi connectivity index (χ0n) is 14.4. The highest BCUT2D eigenvalue weighted by molar-refractivity contribution is 7.89. The summed E-state index contributed by atoms with van der Waals surface area (Å²) in [6.45, 7) is 3.67. The molecule has 1 aliphatic rings. The van der Waals surface area contributed by atoms with Crippen molar-refractivity contribution < 1.29 is 17.9 Å². The number of nitrogens with zero attached hydrogens (tertiary/aromatic N) is 2. The lowest BCUT2D eigenvalue weighted by molar-refractivity contribution is -0.131. The highest BCUT2D eigenvalue weighted by Gasteiger charge is 2.28. The molecule has 1 heterocycles. The number of amides is 1. The van der Waals surface area contributed by atoms with E-state index in [9.17, 15) is 13.2 Å². The normalized spacial score (nSPS) is 16.2. The molecular formula is C17H26N2O4S. The lowest BCUT2D eigenvalue weighted by Crippen LogP contribution is -2.51. The van der Waals surface area contributed by atoms with Gasteiger partial charge in [-0.1, -0.05) is 25.5 Å². The molecule has 0 radical (unpaired) electrons. The van der Waals surface area contributed by atoms with Gasteiger partial charge >= 0.3 is 0 Å². The Morgan fingerprint density at radius 3 is 2.29 bits per heavy atom. The predicted molar refractivity (Wildman–Crippen MR) is 93.5 cm³/mol. The van der Waals surface area contributed by atoms with Crippen molar-refractivity contribution in [2.24, 2.45) is 0 Å². The smallest absolute Gasteiger partial charge is 0.227 e. The van der Waals surface area contributed by atoms with E-state index in [4.69, 9.17) is 4.74 Å². The van der Waals surface area contributed by atoms with Crippen LogP contribution in [-0.2, 0) is 21.2 Å². The van der Waals surface area contributed by atoms with Crippen LogP contribution in [0.4, 0.5) is 0 Å². The Labute approximate surface area is 144 Å². The molecule has 24 heavy (non-hydrogen) atoms. The maximum absolute atomic E-state index is 12.4. The summed E-state index contributed by atoms with van der Waals surface area (Å²) in [5.74, 6) is 0.992. The van der Waals surface area contributed by atoms with Gasteiger partial charge in [-0.3, -0.25) is 4.79 Å². The second-order valence-corrected chi connectivity index (χ2v) is 8.06. The van der Waals surface area contributed by atoms with Gasteiger partial charge in [-0.25, -0.2) is 8.42 Å². The molecular weight excluding hydrogens is 328 g/mol. The van der Waals surface area contributed by atoms with Crippen molar-refractivity contribution in [3.05, 3.63) is 29.8 Å². The fourth-order valence-electron chi connectivity index (χ4n) is 2.70. The molecule has 1 amide bonds. The largest absolute Gasteiger partial charge is 0.497 e. The molecule has 2 rings (SSSR count). The van der Waals surface area contributed by atoms with E-state index in [1.54, 1.807) is 12.0 Å². The number of benzene rings is 1. The van der Waals surface area contributed by atoms with Crippen LogP contribution in [0.25, 0.3) is 0 Å². The Kier molecular flexibility index (Phi) is 6.62. The molecule has 0 N–H and O–H groups in total. The van der Waals surface area contributed by atoms with Gasteiger partial charge in [-0.15, -0.1) is 0 Å². The molecule has 0 aliphatic carbocycles. The Morgan fingerprint density at radius 1 is 1.12 bits per heavy atom. The summed E-state index contributed by atoms with van der Waals surface area (Å²) in [6, 6.07) is 7.42. The first kappa shape index (κ1) is 18.7. The molecule has 6 nitrogen and oxygen atoms in total. The molecule has 1 aromatic carbocycles. The van der Waals surface area contributed by atoms with Gasteiger partial charge in [-0.2, -0.15) is 4.31 Å². The number of carbonyl (C=O) groups is 1.